The van der Waals surface area contributed by atoms with Gasteiger partial charge in [0, 0.05) is 28.9 Å². The summed E-state index contributed by atoms with van der Waals surface area (Å²) >= 11 is 2.87. The number of hydrogen-bond acceptors (Lipinski definition) is 7. The molecule has 3 aromatic heterocycles. The lowest BCUT2D eigenvalue weighted by Crippen LogP contribution is -2.05. The Bertz CT molecular complexity index is 894. The fraction of sp³-hybridized carbons (Fsp3) is 0.412. The summed E-state index contributed by atoms with van der Waals surface area (Å²) < 4.78 is 7.75. The second-order valence-electron chi connectivity index (χ2n) is 5.74. The van der Waals surface area contributed by atoms with Crippen LogP contribution in [0.4, 0.5) is 0 Å². The van der Waals surface area contributed by atoms with Crippen molar-refractivity contribution in [2.45, 2.75) is 45.9 Å². The second kappa shape index (κ2) is 7.53. The van der Waals surface area contributed by atoms with E-state index in [1.54, 1.807) is 11.3 Å². The molecule has 0 bridgehead atoms. The van der Waals surface area contributed by atoms with Gasteiger partial charge in [0.05, 0.1) is 22.9 Å². The van der Waals surface area contributed by atoms with E-state index in [-0.39, 0.29) is 11.5 Å². The van der Waals surface area contributed by atoms with E-state index in [9.17, 15) is 4.79 Å². The summed E-state index contributed by atoms with van der Waals surface area (Å²) in [6.07, 6.45) is 0.517. The van der Waals surface area contributed by atoms with Crippen molar-refractivity contribution in [3.63, 3.8) is 0 Å². The number of carbonyl (C=O) groups excluding carboxylic acids is 1. The number of aromatic nitrogens is 4. The normalized spacial score (nSPS) is 11.2. The fourth-order valence-corrected chi connectivity index (χ4v) is 4.06. The zero-order valence-electron chi connectivity index (χ0n) is 14.7. The molecule has 3 heterocycles. The van der Waals surface area contributed by atoms with Gasteiger partial charge in [-0.15, -0.1) is 21.5 Å². The van der Waals surface area contributed by atoms with Gasteiger partial charge in [0.15, 0.2) is 5.78 Å². The molecule has 0 spiro atoms. The van der Waals surface area contributed by atoms with E-state index in [2.05, 4.69) is 26.7 Å². The SMILES string of the molecule is CCn1c(C)cc(C(=O)CSc2nnc(Cc3csc(C)n3)o2)c1C. The Hall–Kier alpha value is -1.93. The topological polar surface area (TPSA) is 73.8 Å². The van der Waals surface area contributed by atoms with Crippen LogP contribution in [0.3, 0.4) is 0 Å². The standard InChI is InChI=1S/C17H20N4O2S2/c1-5-21-10(2)6-14(11(21)3)15(22)9-25-17-20-19-16(23-17)7-13-8-24-12(4)18-13/h6,8H,5,7,9H2,1-4H3. The predicted molar refractivity (Wildman–Crippen MR) is 98.6 cm³/mol. The van der Waals surface area contributed by atoms with E-state index in [4.69, 9.17) is 4.42 Å². The zero-order chi connectivity index (χ0) is 18.0. The van der Waals surface area contributed by atoms with Crippen molar-refractivity contribution in [2.75, 3.05) is 5.75 Å². The third-order valence-corrected chi connectivity index (χ3v) is 5.61. The van der Waals surface area contributed by atoms with Crippen LogP contribution in [0.2, 0.25) is 0 Å². The first kappa shape index (κ1) is 17.9. The molecule has 0 aromatic carbocycles. The van der Waals surface area contributed by atoms with Crippen LogP contribution in [-0.4, -0.2) is 31.3 Å². The van der Waals surface area contributed by atoms with Crippen molar-refractivity contribution >= 4 is 28.9 Å². The molecular weight excluding hydrogens is 356 g/mol. The lowest BCUT2D eigenvalue weighted by Gasteiger charge is -2.05. The van der Waals surface area contributed by atoms with E-state index in [1.807, 2.05) is 32.2 Å². The molecule has 8 heteroatoms. The number of thiazole rings is 1. The summed E-state index contributed by atoms with van der Waals surface area (Å²) in [4.78, 5) is 16.9. The molecule has 0 saturated heterocycles. The van der Waals surface area contributed by atoms with Gasteiger partial charge in [-0.05, 0) is 33.8 Å². The minimum absolute atomic E-state index is 0.0766. The minimum Gasteiger partial charge on any atom is -0.416 e. The highest BCUT2D eigenvalue weighted by atomic mass is 32.2. The molecule has 6 nitrogen and oxygen atoms in total. The van der Waals surface area contributed by atoms with Gasteiger partial charge in [0.1, 0.15) is 0 Å². The average molecular weight is 377 g/mol. The largest absolute Gasteiger partial charge is 0.416 e. The smallest absolute Gasteiger partial charge is 0.277 e. The molecule has 0 amide bonds. The molecule has 0 fully saturated rings. The molecule has 0 aliphatic heterocycles. The highest BCUT2D eigenvalue weighted by Gasteiger charge is 2.17. The first-order valence-electron chi connectivity index (χ1n) is 8.04. The molecule has 25 heavy (non-hydrogen) atoms. The molecule has 0 saturated carbocycles. The maximum Gasteiger partial charge on any atom is 0.277 e. The number of aryl methyl sites for hydroxylation is 2. The van der Waals surface area contributed by atoms with Gasteiger partial charge < -0.3 is 8.98 Å². The molecule has 0 atom stereocenters. The summed E-state index contributed by atoms with van der Waals surface area (Å²) in [5, 5.41) is 11.5. The fourth-order valence-electron chi connectivity index (χ4n) is 2.79. The van der Waals surface area contributed by atoms with Crippen LogP contribution in [0.15, 0.2) is 21.1 Å². The second-order valence-corrected chi connectivity index (χ2v) is 7.73. The maximum atomic E-state index is 12.5. The third kappa shape index (κ3) is 4.01. The van der Waals surface area contributed by atoms with Gasteiger partial charge in [-0.3, -0.25) is 4.79 Å². The monoisotopic (exact) mass is 376 g/mol. The predicted octanol–water partition coefficient (Wildman–Crippen LogP) is 3.84. The zero-order valence-corrected chi connectivity index (χ0v) is 16.3. The van der Waals surface area contributed by atoms with E-state index in [0.29, 0.717) is 17.5 Å². The molecule has 3 aromatic rings. The molecule has 3 rings (SSSR count). The minimum atomic E-state index is 0.0766. The summed E-state index contributed by atoms with van der Waals surface area (Å²) in [5.41, 5.74) is 3.80. The number of nitrogens with zero attached hydrogens (tertiary/aromatic N) is 4. The van der Waals surface area contributed by atoms with Crippen LogP contribution >= 0.6 is 23.1 Å². The van der Waals surface area contributed by atoms with Crippen molar-refractivity contribution in [3.8, 4) is 0 Å². The van der Waals surface area contributed by atoms with Crippen molar-refractivity contribution in [1.29, 1.82) is 0 Å². The summed E-state index contributed by atoms with van der Waals surface area (Å²) in [7, 11) is 0. The van der Waals surface area contributed by atoms with Crippen LogP contribution in [0.1, 0.15) is 45.3 Å². The summed E-state index contributed by atoms with van der Waals surface area (Å²) in [5.74, 6) is 0.878. The van der Waals surface area contributed by atoms with Gasteiger partial charge in [-0.25, -0.2) is 4.98 Å². The van der Waals surface area contributed by atoms with Gasteiger partial charge in [-0.2, -0.15) is 0 Å². The van der Waals surface area contributed by atoms with Gasteiger partial charge in [0.25, 0.3) is 5.22 Å². The number of Topliss-reactive ketones (excluding diaryl/α,β-unsaturated/α-hetero) is 1. The quantitative estimate of drug-likeness (QED) is 0.461. The van der Waals surface area contributed by atoms with Gasteiger partial charge in [-0.1, -0.05) is 11.8 Å². The van der Waals surface area contributed by atoms with E-state index >= 15 is 0 Å². The van der Waals surface area contributed by atoms with Crippen molar-refractivity contribution in [2.24, 2.45) is 0 Å². The Morgan fingerprint density at radius 3 is 2.76 bits per heavy atom. The molecule has 132 valence electrons. The van der Waals surface area contributed by atoms with Crippen LogP contribution in [0.25, 0.3) is 0 Å². The lowest BCUT2D eigenvalue weighted by molar-refractivity contribution is 0.102. The first-order chi connectivity index (χ1) is 12.0. The van der Waals surface area contributed by atoms with E-state index in [1.165, 1.54) is 11.8 Å². The molecular formula is C17H20N4O2S2. The molecule has 0 aliphatic rings. The maximum absolute atomic E-state index is 12.5. The van der Waals surface area contributed by atoms with Crippen LogP contribution in [0, 0.1) is 20.8 Å². The van der Waals surface area contributed by atoms with Gasteiger partial charge in [0.2, 0.25) is 5.89 Å². The van der Waals surface area contributed by atoms with E-state index in [0.717, 1.165) is 34.2 Å². The highest BCUT2D eigenvalue weighted by Crippen LogP contribution is 2.22. The summed E-state index contributed by atoms with van der Waals surface area (Å²) in [6.45, 7) is 8.90. The lowest BCUT2D eigenvalue weighted by atomic mass is 10.2. The van der Waals surface area contributed by atoms with Crippen LogP contribution in [0.5, 0.6) is 0 Å². The van der Waals surface area contributed by atoms with Crippen molar-refractivity contribution in [1.82, 2.24) is 19.7 Å². The first-order valence-corrected chi connectivity index (χ1v) is 9.90. The molecule has 0 aliphatic carbocycles. The van der Waals surface area contributed by atoms with Gasteiger partial charge >= 0.3 is 0 Å². The van der Waals surface area contributed by atoms with Crippen LogP contribution in [-0.2, 0) is 13.0 Å². The molecule has 0 unspecified atom stereocenters. The molecule has 0 N–H and O–H groups in total. The number of thioether (sulfide) groups is 1. The van der Waals surface area contributed by atoms with Crippen LogP contribution < -0.4 is 0 Å². The Morgan fingerprint density at radius 2 is 2.12 bits per heavy atom. The number of ketones is 1. The third-order valence-electron chi connectivity index (χ3n) is 3.96. The Kier molecular flexibility index (Phi) is 5.39. The molecule has 0 radical (unpaired) electrons. The Balaban J connectivity index is 1.61. The summed E-state index contributed by atoms with van der Waals surface area (Å²) in [6, 6.07) is 1.95. The van der Waals surface area contributed by atoms with Crippen molar-refractivity contribution < 1.29 is 9.21 Å². The highest BCUT2D eigenvalue weighted by molar-refractivity contribution is 7.99. The Morgan fingerprint density at radius 1 is 1.32 bits per heavy atom. The number of hydrogen-bond donors (Lipinski definition) is 0. The Labute approximate surface area is 154 Å². The number of rotatable bonds is 7. The van der Waals surface area contributed by atoms with E-state index < -0.39 is 0 Å². The number of carbonyl (C=O) groups is 1. The van der Waals surface area contributed by atoms with Crippen molar-refractivity contribution in [3.05, 3.63) is 45.0 Å². The average Bonchev–Trinajstić information content (AvgIpc) is 3.26.